The molecule has 1 heteroatoms. The molecule has 0 bridgehead atoms. The first-order chi connectivity index (χ1) is 8.39. The van der Waals surface area contributed by atoms with Gasteiger partial charge in [-0.05, 0) is 49.8 Å². The molecule has 1 aromatic rings. The first-order valence-corrected chi connectivity index (χ1v) is 7.15. The highest BCUT2D eigenvalue weighted by Crippen LogP contribution is 2.25. The zero-order valence-electron chi connectivity index (χ0n) is 12.7. The van der Waals surface area contributed by atoms with Crippen molar-refractivity contribution < 1.29 is 0 Å². The van der Waals surface area contributed by atoms with E-state index in [9.17, 15) is 0 Å². The lowest BCUT2D eigenvalue weighted by Gasteiger charge is -2.25. The number of aryl methyl sites for hydroxylation is 1. The number of hydrogen-bond acceptors (Lipinski definition) is 1. The molecule has 0 unspecified atom stereocenters. The van der Waals surface area contributed by atoms with Crippen LogP contribution in [-0.4, -0.2) is 13.1 Å². The van der Waals surface area contributed by atoms with Crippen molar-refractivity contribution in [3.8, 4) is 0 Å². The van der Waals surface area contributed by atoms with Crippen LogP contribution in [0.25, 0.3) is 0 Å². The first kappa shape index (κ1) is 15.2. The van der Waals surface area contributed by atoms with Crippen LogP contribution < -0.4 is 5.32 Å². The zero-order chi connectivity index (χ0) is 13.6. The minimum atomic E-state index is 0.374. The lowest BCUT2D eigenvalue weighted by Crippen LogP contribution is -2.26. The molecule has 0 heterocycles. The summed E-state index contributed by atoms with van der Waals surface area (Å²) in [6.07, 6.45) is 2.39. The van der Waals surface area contributed by atoms with Gasteiger partial charge in [0.2, 0.25) is 0 Å². The highest BCUT2D eigenvalue weighted by atomic mass is 14.8. The van der Waals surface area contributed by atoms with Gasteiger partial charge in [0.25, 0.3) is 0 Å². The van der Waals surface area contributed by atoms with Crippen LogP contribution in [-0.2, 0) is 6.42 Å². The normalized spacial score (nSPS) is 12.1. The van der Waals surface area contributed by atoms with Crippen LogP contribution in [0.2, 0.25) is 0 Å². The number of rotatable bonds is 7. The molecule has 0 radical (unpaired) electrons. The maximum Gasteiger partial charge on any atom is -0.00258 e. The minimum absolute atomic E-state index is 0.374. The number of hydrogen-bond donors (Lipinski definition) is 1. The molecule has 0 amide bonds. The fourth-order valence-corrected chi connectivity index (χ4v) is 2.16. The van der Waals surface area contributed by atoms with Crippen molar-refractivity contribution in [3.05, 3.63) is 35.4 Å². The van der Waals surface area contributed by atoms with Gasteiger partial charge in [0.05, 0.1) is 0 Å². The summed E-state index contributed by atoms with van der Waals surface area (Å²) in [6.45, 7) is 13.6. The Morgan fingerprint density at radius 1 is 1.11 bits per heavy atom. The summed E-state index contributed by atoms with van der Waals surface area (Å²) in [5.74, 6) is 0.741. The fraction of sp³-hybridized carbons (Fsp3) is 0.647. The van der Waals surface area contributed by atoms with Crippen LogP contribution in [0.1, 0.15) is 45.2 Å². The van der Waals surface area contributed by atoms with E-state index in [0.29, 0.717) is 5.41 Å². The lowest BCUT2D eigenvalue weighted by atomic mass is 9.82. The van der Waals surface area contributed by atoms with Gasteiger partial charge in [0.15, 0.2) is 0 Å². The summed E-state index contributed by atoms with van der Waals surface area (Å²) in [6, 6.07) is 8.95. The Hall–Kier alpha value is -0.820. The minimum Gasteiger partial charge on any atom is -0.316 e. The van der Waals surface area contributed by atoms with Crippen LogP contribution in [0.3, 0.4) is 0 Å². The summed E-state index contributed by atoms with van der Waals surface area (Å²) in [5.41, 5.74) is 3.17. The van der Waals surface area contributed by atoms with Gasteiger partial charge in [-0.3, -0.25) is 0 Å². The van der Waals surface area contributed by atoms with Crippen LogP contribution in [0.15, 0.2) is 24.3 Å². The molecule has 0 atom stereocenters. The summed E-state index contributed by atoms with van der Waals surface area (Å²) in [4.78, 5) is 0. The highest BCUT2D eigenvalue weighted by molar-refractivity contribution is 5.22. The third-order valence-corrected chi connectivity index (χ3v) is 3.33. The molecule has 1 aromatic carbocycles. The molecular weight excluding hydrogens is 218 g/mol. The Labute approximate surface area is 113 Å². The van der Waals surface area contributed by atoms with Crippen molar-refractivity contribution in [1.29, 1.82) is 0 Å². The molecule has 0 aromatic heterocycles. The smallest absolute Gasteiger partial charge is 0.00258 e. The van der Waals surface area contributed by atoms with E-state index in [-0.39, 0.29) is 0 Å². The van der Waals surface area contributed by atoms with Gasteiger partial charge in [-0.1, -0.05) is 57.5 Å². The first-order valence-electron chi connectivity index (χ1n) is 7.15. The maximum absolute atomic E-state index is 3.54. The van der Waals surface area contributed by atoms with Gasteiger partial charge in [0, 0.05) is 0 Å². The molecule has 0 aliphatic carbocycles. The van der Waals surface area contributed by atoms with E-state index in [1.807, 2.05) is 0 Å². The maximum atomic E-state index is 3.54. The summed E-state index contributed by atoms with van der Waals surface area (Å²) < 4.78 is 0. The molecule has 1 rings (SSSR count). The molecule has 0 aliphatic heterocycles. The van der Waals surface area contributed by atoms with Crippen molar-refractivity contribution in [1.82, 2.24) is 5.32 Å². The van der Waals surface area contributed by atoms with E-state index in [1.54, 1.807) is 0 Å². The van der Waals surface area contributed by atoms with E-state index >= 15 is 0 Å². The van der Waals surface area contributed by atoms with Crippen LogP contribution >= 0.6 is 0 Å². The van der Waals surface area contributed by atoms with Crippen molar-refractivity contribution in [3.63, 3.8) is 0 Å². The zero-order valence-corrected chi connectivity index (χ0v) is 12.7. The predicted octanol–water partition coefficient (Wildman–Crippen LogP) is 4.20. The largest absolute Gasteiger partial charge is 0.316 e. The molecule has 0 spiro atoms. The molecule has 0 fully saturated rings. The average molecular weight is 247 g/mol. The molecule has 0 saturated carbocycles. The van der Waals surface area contributed by atoms with Gasteiger partial charge < -0.3 is 5.32 Å². The average Bonchev–Trinajstić information content (AvgIpc) is 2.27. The SMILES string of the molecule is Cc1ccc(CC(C)(C)CCNCC(C)C)cc1. The quantitative estimate of drug-likeness (QED) is 0.712. The van der Waals surface area contributed by atoms with E-state index < -0.39 is 0 Å². The fourth-order valence-electron chi connectivity index (χ4n) is 2.16. The third-order valence-electron chi connectivity index (χ3n) is 3.33. The van der Waals surface area contributed by atoms with Gasteiger partial charge in [0.1, 0.15) is 0 Å². The molecule has 1 nitrogen and oxygen atoms in total. The van der Waals surface area contributed by atoms with Crippen LogP contribution in [0.5, 0.6) is 0 Å². The number of nitrogens with one attached hydrogen (secondary N) is 1. The Balaban J connectivity index is 2.36. The van der Waals surface area contributed by atoms with Crippen molar-refractivity contribution in [2.24, 2.45) is 11.3 Å². The molecule has 1 N–H and O–H groups in total. The van der Waals surface area contributed by atoms with Gasteiger partial charge in [-0.2, -0.15) is 0 Å². The molecule has 18 heavy (non-hydrogen) atoms. The van der Waals surface area contributed by atoms with Crippen molar-refractivity contribution in [2.45, 2.75) is 47.5 Å². The Morgan fingerprint density at radius 3 is 2.28 bits per heavy atom. The number of benzene rings is 1. The molecule has 102 valence electrons. The second-order valence-electron chi connectivity index (χ2n) is 6.67. The van der Waals surface area contributed by atoms with Gasteiger partial charge in [-0.15, -0.1) is 0 Å². The summed E-state index contributed by atoms with van der Waals surface area (Å²) >= 11 is 0. The lowest BCUT2D eigenvalue weighted by molar-refractivity contribution is 0.322. The van der Waals surface area contributed by atoms with Crippen LogP contribution in [0.4, 0.5) is 0 Å². The molecule has 0 aliphatic rings. The monoisotopic (exact) mass is 247 g/mol. The Morgan fingerprint density at radius 2 is 1.72 bits per heavy atom. The molecular formula is C17H29N. The second-order valence-corrected chi connectivity index (χ2v) is 6.67. The third kappa shape index (κ3) is 6.20. The van der Waals surface area contributed by atoms with E-state index in [0.717, 1.165) is 25.4 Å². The van der Waals surface area contributed by atoms with Crippen LogP contribution in [0, 0.1) is 18.3 Å². The van der Waals surface area contributed by atoms with E-state index in [4.69, 9.17) is 0 Å². The van der Waals surface area contributed by atoms with E-state index in [2.05, 4.69) is 64.2 Å². The Bertz CT molecular complexity index is 335. The van der Waals surface area contributed by atoms with E-state index in [1.165, 1.54) is 17.5 Å². The van der Waals surface area contributed by atoms with Gasteiger partial charge >= 0.3 is 0 Å². The van der Waals surface area contributed by atoms with Gasteiger partial charge in [-0.25, -0.2) is 0 Å². The molecule has 0 saturated heterocycles. The standard InChI is InChI=1S/C17H29N/c1-14(2)13-18-11-10-17(4,5)12-16-8-6-15(3)7-9-16/h6-9,14,18H,10-13H2,1-5H3. The van der Waals surface area contributed by atoms with Crippen molar-refractivity contribution in [2.75, 3.05) is 13.1 Å². The summed E-state index contributed by atoms with van der Waals surface area (Å²) in [7, 11) is 0. The predicted molar refractivity (Wildman–Crippen MR) is 81.0 cm³/mol. The second kappa shape index (κ2) is 6.94. The highest BCUT2D eigenvalue weighted by Gasteiger charge is 2.17. The van der Waals surface area contributed by atoms with Crippen molar-refractivity contribution >= 4 is 0 Å². The Kier molecular flexibility index (Phi) is 5.87. The summed E-state index contributed by atoms with van der Waals surface area (Å²) in [5, 5.41) is 3.54. The topological polar surface area (TPSA) is 12.0 Å².